The van der Waals surface area contributed by atoms with Crippen molar-refractivity contribution in [2.45, 2.75) is 63.2 Å². The summed E-state index contributed by atoms with van der Waals surface area (Å²) in [7, 11) is -2.00. The number of alkyl halides is 3. The first kappa shape index (κ1) is 32.3. The summed E-state index contributed by atoms with van der Waals surface area (Å²) < 4.78 is 61.6. The van der Waals surface area contributed by atoms with Crippen molar-refractivity contribution in [2.75, 3.05) is 0 Å². The molecule has 0 spiro atoms. The summed E-state index contributed by atoms with van der Waals surface area (Å²) in [5.41, 5.74) is 3.40. The zero-order valence-electron chi connectivity index (χ0n) is 24.6. The average molecular weight is 678 g/mol. The van der Waals surface area contributed by atoms with Gasteiger partial charge in [-0.1, -0.05) is 0 Å². The van der Waals surface area contributed by atoms with Crippen LogP contribution in [-0.4, -0.2) is 23.3 Å². The number of rotatable bonds is 8. The van der Waals surface area contributed by atoms with Crippen LogP contribution in [0, 0.1) is 12.7 Å². The predicted molar refractivity (Wildman–Crippen MR) is 169 cm³/mol. The second kappa shape index (κ2) is 12.6. The Bertz CT molecular complexity index is 1510. The van der Waals surface area contributed by atoms with Gasteiger partial charge in [0.2, 0.25) is 0 Å². The summed E-state index contributed by atoms with van der Waals surface area (Å²) in [6.45, 7) is 13.2. The molecule has 0 aliphatic rings. The van der Waals surface area contributed by atoms with E-state index in [-0.39, 0.29) is 30.6 Å². The number of hydrogen-bond acceptors (Lipinski definition) is 1. The summed E-state index contributed by atoms with van der Waals surface area (Å²) >= 11 is 6.35. The van der Waals surface area contributed by atoms with Crippen molar-refractivity contribution in [1.29, 1.82) is 0 Å². The van der Waals surface area contributed by atoms with Crippen LogP contribution in [0.5, 0.6) is 5.75 Å². The minimum atomic E-state index is -4.38. The van der Waals surface area contributed by atoms with Crippen molar-refractivity contribution in [2.24, 2.45) is 0 Å². The van der Waals surface area contributed by atoms with E-state index in [1.165, 1.54) is 18.2 Å². The van der Waals surface area contributed by atoms with E-state index in [1.54, 1.807) is 12.1 Å². The Morgan fingerprint density at radius 2 is 1.45 bits per heavy atom. The van der Waals surface area contributed by atoms with Crippen molar-refractivity contribution >= 4 is 39.3 Å². The van der Waals surface area contributed by atoms with Gasteiger partial charge in [0.05, 0.1) is 0 Å². The standard InChI is InChI=1S/C34H35ClF4OSeSi/c1-22-20-27(18-19-31(22)40-42(5,6)33(2,3)4)41-32(21-28-29(35)8-7-9-30(28)36)25-12-10-23(11-13-25)24-14-16-26(17-15-24)34(37,38)39/h7-20,32H,21H2,1-6H3. The van der Waals surface area contributed by atoms with Crippen LogP contribution in [0.3, 0.4) is 0 Å². The Kier molecular flexibility index (Phi) is 9.68. The van der Waals surface area contributed by atoms with Crippen molar-refractivity contribution in [3.8, 4) is 16.9 Å². The molecular weight excluding hydrogens is 643 g/mol. The molecule has 0 aliphatic carbocycles. The van der Waals surface area contributed by atoms with Crippen molar-refractivity contribution in [3.63, 3.8) is 0 Å². The molecule has 1 nitrogen and oxygen atoms in total. The molecule has 1 unspecified atom stereocenters. The number of benzene rings is 4. The maximum atomic E-state index is 14.9. The van der Waals surface area contributed by atoms with E-state index < -0.39 is 20.1 Å². The molecule has 0 saturated heterocycles. The molecule has 42 heavy (non-hydrogen) atoms. The van der Waals surface area contributed by atoms with Gasteiger partial charge >= 0.3 is 259 Å². The van der Waals surface area contributed by atoms with Crippen molar-refractivity contribution in [3.05, 3.63) is 118 Å². The van der Waals surface area contributed by atoms with Gasteiger partial charge in [0, 0.05) is 0 Å². The zero-order chi connectivity index (χ0) is 30.9. The SMILES string of the molecule is Cc1cc([Se]C(Cc2c(F)cccc2Cl)c2ccc(-c3ccc(C(F)(F)F)cc3)cc2)ccc1O[Si](C)(C)C(C)(C)C. The monoisotopic (exact) mass is 678 g/mol. The van der Waals surface area contributed by atoms with Gasteiger partial charge in [0.15, 0.2) is 0 Å². The van der Waals surface area contributed by atoms with E-state index >= 15 is 0 Å². The third kappa shape index (κ3) is 7.68. The molecule has 222 valence electrons. The number of hydrogen-bond donors (Lipinski definition) is 0. The van der Waals surface area contributed by atoms with Gasteiger partial charge in [-0.15, -0.1) is 0 Å². The molecule has 4 rings (SSSR count). The molecule has 0 aliphatic heterocycles. The van der Waals surface area contributed by atoms with Crippen LogP contribution < -0.4 is 8.89 Å². The molecule has 4 aromatic rings. The van der Waals surface area contributed by atoms with Gasteiger partial charge in [0.25, 0.3) is 0 Å². The van der Waals surface area contributed by atoms with E-state index in [1.807, 2.05) is 30.3 Å². The third-order valence-corrected chi connectivity index (χ3v) is 15.2. The van der Waals surface area contributed by atoms with Gasteiger partial charge in [-0.25, -0.2) is 0 Å². The Labute approximate surface area is 258 Å². The molecule has 0 amide bonds. The van der Waals surface area contributed by atoms with Gasteiger partial charge < -0.3 is 0 Å². The van der Waals surface area contributed by atoms with Crippen LogP contribution in [0.15, 0.2) is 84.9 Å². The molecule has 1 atom stereocenters. The van der Waals surface area contributed by atoms with Crippen molar-refractivity contribution < 1.29 is 22.0 Å². The zero-order valence-corrected chi connectivity index (χ0v) is 28.0. The Morgan fingerprint density at radius 3 is 1.98 bits per heavy atom. The van der Waals surface area contributed by atoms with Crippen LogP contribution in [0.1, 0.15) is 47.8 Å². The van der Waals surface area contributed by atoms with E-state index in [4.69, 9.17) is 16.0 Å². The maximum absolute atomic E-state index is 14.9. The second-order valence-electron chi connectivity index (χ2n) is 12.0. The molecule has 4 aromatic carbocycles. The normalized spacial score (nSPS) is 13.2. The molecule has 0 N–H and O–H groups in total. The molecule has 0 fully saturated rings. The Morgan fingerprint density at radius 1 is 0.857 bits per heavy atom. The Hall–Kier alpha value is -2.57. The quantitative estimate of drug-likeness (QED) is 0.133. The Balaban J connectivity index is 1.63. The molecule has 0 radical (unpaired) electrons. The summed E-state index contributed by atoms with van der Waals surface area (Å²) in [6.07, 6.45) is -3.95. The fraction of sp³-hybridized carbons (Fsp3) is 0.294. The molecule has 0 heterocycles. The van der Waals surface area contributed by atoms with Crippen LogP contribution in [0.2, 0.25) is 23.2 Å². The number of aryl methyl sites for hydroxylation is 1. The van der Waals surface area contributed by atoms with Crippen LogP contribution in [0.25, 0.3) is 11.1 Å². The van der Waals surface area contributed by atoms with Crippen LogP contribution in [0.4, 0.5) is 17.6 Å². The predicted octanol–water partition coefficient (Wildman–Crippen LogP) is 10.2. The van der Waals surface area contributed by atoms with Gasteiger partial charge in [-0.3, -0.25) is 0 Å². The van der Waals surface area contributed by atoms with Crippen molar-refractivity contribution in [1.82, 2.24) is 0 Å². The topological polar surface area (TPSA) is 9.23 Å². The number of halogens is 5. The van der Waals surface area contributed by atoms with Gasteiger partial charge in [0.1, 0.15) is 0 Å². The summed E-state index contributed by atoms with van der Waals surface area (Å²) in [5, 5.41) is 0.477. The first-order chi connectivity index (χ1) is 19.5. The van der Waals surface area contributed by atoms with Gasteiger partial charge in [-0.05, 0) is 0 Å². The van der Waals surface area contributed by atoms with E-state index in [9.17, 15) is 17.6 Å². The summed E-state index contributed by atoms with van der Waals surface area (Å²) in [6, 6.07) is 24.0. The first-order valence-electron chi connectivity index (χ1n) is 13.7. The molecule has 0 saturated carbocycles. The van der Waals surface area contributed by atoms with E-state index in [0.717, 1.165) is 39.0 Å². The van der Waals surface area contributed by atoms with Crippen LogP contribution in [-0.2, 0) is 12.6 Å². The first-order valence-corrected chi connectivity index (χ1v) is 18.9. The van der Waals surface area contributed by atoms with Gasteiger partial charge in [-0.2, -0.15) is 0 Å². The average Bonchev–Trinajstić information content (AvgIpc) is 2.91. The van der Waals surface area contributed by atoms with E-state index in [2.05, 4.69) is 52.9 Å². The molecule has 0 aromatic heterocycles. The fourth-order valence-corrected chi connectivity index (χ4v) is 8.26. The summed E-state index contributed by atoms with van der Waals surface area (Å²) in [4.78, 5) is -0.0277. The summed E-state index contributed by atoms with van der Waals surface area (Å²) in [5.74, 6) is 0.565. The molecule has 0 bridgehead atoms. The fourth-order valence-electron chi connectivity index (χ4n) is 4.28. The molecule has 8 heteroatoms. The third-order valence-electron chi connectivity index (χ3n) is 7.88. The molecular formula is C34H35ClF4OSeSi. The minimum absolute atomic E-state index is 0.0277. The van der Waals surface area contributed by atoms with E-state index in [0.29, 0.717) is 22.6 Å². The second-order valence-corrected chi connectivity index (χ2v) is 19.8. The van der Waals surface area contributed by atoms with Crippen LogP contribution >= 0.6 is 11.6 Å².